The molecule has 0 amide bonds. The van der Waals surface area contributed by atoms with E-state index in [2.05, 4.69) is 50.8 Å². The third kappa shape index (κ3) is 3.77. The van der Waals surface area contributed by atoms with E-state index in [0.29, 0.717) is 6.54 Å². The third-order valence-electron chi connectivity index (χ3n) is 6.17. The first-order valence-corrected chi connectivity index (χ1v) is 11.6. The zero-order chi connectivity index (χ0) is 21.1. The summed E-state index contributed by atoms with van der Waals surface area (Å²) in [4.78, 5) is 19.0. The van der Waals surface area contributed by atoms with E-state index in [-0.39, 0.29) is 11.0 Å². The Balaban J connectivity index is 1.88. The van der Waals surface area contributed by atoms with Gasteiger partial charge in [0.05, 0.1) is 11.3 Å². The normalized spacial score (nSPS) is 17.3. The molecule has 0 bridgehead atoms. The molecule has 1 atom stereocenters. The molecule has 0 spiro atoms. The van der Waals surface area contributed by atoms with Crippen LogP contribution in [0.4, 0.5) is 0 Å². The molecular formula is C26H28N2OS. The van der Waals surface area contributed by atoms with Gasteiger partial charge in [-0.3, -0.25) is 9.36 Å². The molecule has 1 heterocycles. The van der Waals surface area contributed by atoms with Gasteiger partial charge < -0.3 is 0 Å². The van der Waals surface area contributed by atoms with Crippen molar-refractivity contribution in [3.05, 3.63) is 94.3 Å². The van der Waals surface area contributed by atoms with Crippen molar-refractivity contribution in [3.8, 4) is 11.3 Å². The monoisotopic (exact) mass is 416 g/mol. The number of hydrogen-bond acceptors (Lipinski definition) is 3. The standard InChI is InChI=1S/C26H28N2OS/c1-4-17-30-25-27-23-21-14-10-9-13-20(21)18-26(3,5-2)22(23)24(29)28(25)16-15-19-11-7-6-8-12-19/h4,6-14H,1,5,15-18H2,2-3H3. The molecule has 4 rings (SSSR count). The summed E-state index contributed by atoms with van der Waals surface area (Å²) in [6.07, 6.45) is 4.45. The second-order valence-electron chi connectivity index (χ2n) is 8.16. The summed E-state index contributed by atoms with van der Waals surface area (Å²) in [5.74, 6) is 0.725. The Morgan fingerprint density at radius 3 is 2.63 bits per heavy atom. The van der Waals surface area contributed by atoms with Crippen LogP contribution < -0.4 is 5.56 Å². The van der Waals surface area contributed by atoms with Gasteiger partial charge in [0.15, 0.2) is 5.16 Å². The lowest BCUT2D eigenvalue weighted by atomic mass is 9.69. The second kappa shape index (κ2) is 8.65. The summed E-state index contributed by atoms with van der Waals surface area (Å²) < 4.78 is 1.89. The lowest BCUT2D eigenvalue weighted by Gasteiger charge is -2.35. The minimum atomic E-state index is -0.204. The van der Waals surface area contributed by atoms with Gasteiger partial charge in [-0.05, 0) is 30.4 Å². The molecule has 1 aliphatic carbocycles. The molecule has 0 radical (unpaired) electrons. The van der Waals surface area contributed by atoms with Crippen LogP contribution in [-0.4, -0.2) is 15.3 Å². The van der Waals surface area contributed by atoms with Crippen LogP contribution in [0.2, 0.25) is 0 Å². The SMILES string of the molecule is C=CCSc1nc2c(c(=O)n1CCc1ccccc1)C(C)(CC)Cc1ccccc1-2. The Hall–Kier alpha value is -2.59. The number of benzene rings is 2. The van der Waals surface area contributed by atoms with Gasteiger partial charge in [-0.25, -0.2) is 4.98 Å². The van der Waals surface area contributed by atoms with Gasteiger partial charge in [-0.2, -0.15) is 0 Å². The van der Waals surface area contributed by atoms with Gasteiger partial charge >= 0.3 is 0 Å². The summed E-state index contributed by atoms with van der Waals surface area (Å²) in [5.41, 5.74) is 5.26. The van der Waals surface area contributed by atoms with Gasteiger partial charge in [0.1, 0.15) is 0 Å². The molecule has 2 aromatic carbocycles. The molecule has 0 saturated heterocycles. The zero-order valence-corrected chi connectivity index (χ0v) is 18.5. The largest absolute Gasteiger partial charge is 0.287 e. The van der Waals surface area contributed by atoms with Crippen LogP contribution in [0.1, 0.15) is 37.0 Å². The van der Waals surface area contributed by atoms with Crippen molar-refractivity contribution in [2.75, 3.05) is 5.75 Å². The van der Waals surface area contributed by atoms with Gasteiger partial charge in [-0.1, -0.05) is 86.3 Å². The average Bonchev–Trinajstić information content (AvgIpc) is 2.77. The van der Waals surface area contributed by atoms with E-state index < -0.39 is 0 Å². The van der Waals surface area contributed by atoms with E-state index in [0.717, 1.165) is 47.0 Å². The first kappa shape index (κ1) is 20.7. The summed E-state index contributed by atoms with van der Waals surface area (Å²) in [6.45, 7) is 8.86. The molecule has 3 aromatic rings. The van der Waals surface area contributed by atoms with Crippen molar-refractivity contribution in [1.29, 1.82) is 0 Å². The molecule has 1 aliphatic rings. The maximum Gasteiger partial charge on any atom is 0.258 e. The average molecular weight is 417 g/mol. The first-order valence-electron chi connectivity index (χ1n) is 10.6. The Morgan fingerprint density at radius 1 is 1.17 bits per heavy atom. The third-order valence-corrected chi connectivity index (χ3v) is 7.14. The van der Waals surface area contributed by atoms with Crippen molar-refractivity contribution in [1.82, 2.24) is 9.55 Å². The molecular weight excluding hydrogens is 388 g/mol. The Labute approximate surface area is 182 Å². The molecule has 30 heavy (non-hydrogen) atoms. The lowest BCUT2D eigenvalue weighted by molar-refractivity contribution is 0.427. The van der Waals surface area contributed by atoms with Crippen LogP contribution >= 0.6 is 11.8 Å². The number of rotatable bonds is 7. The van der Waals surface area contributed by atoms with Crippen LogP contribution in [0.15, 0.2) is 77.2 Å². The number of aryl methyl sites for hydroxylation is 1. The summed E-state index contributed by atoms with van der Waals surface area (Å²) in [7, 11) is 0. The van der Waals surface area contributed by atoms with Crippen LogP contribution in [0.25, 0.3) is 11.3 Å². The van der Waals surface area contributed by atoms with Crippen molar-refractivity contribution in [2.45, 2.75) is 50.2 Å². The van der Waals surface area contributed by atoms with Crippen LogP contribution in [0.3, 0.4) is 0 Å². The van der Waals surface area contributed by atoms with Gasteiger partial charge in [0, 0.05) is 23.3 Å². The molecule has 0 saturated carbocycles. The number of thioether (sulfide) groups is 1. The highest BCUT2D eigenvalue weighted by molar-refractivity contribution is 7.99. The van der Waals surface area contributed by atoms with Crippen molar-refractivity contribution >= 4 is 11.8 Å². The minimum absolute atomic E-state index is 0.112. The number of aromatic nitrogens is 2. The fraction of sp³-hybridized carbons (Fsp3) is 0.308. The molecule has 154 valence electrons. The van der Waals surface area contributed by atoms with E-state index in [1.165, 1.54) is 11.1 Å². The quantitative estimate of drug-likeness (QED) is 0.283. The Morgan fingerprint density at radius 2 is 1.90 bits per heavy atom. The second-order valence-corrected chi connectivity index (χ2v) is 9.15. The fourth-order valence-electron chi connectivity index (χ4n) is 4.32. The highest BCUT2D eigenvalue weighted by atomic mass is 32.2. The minimum Gasteiger partial charge on any atom is -0.287 e. The molecule has 1 unspecified atom stereocenters. The van der Waals surface area contributed by atoms with Crippen molar-refractivity contribution < 1.29 is 0 Å². The summed E-state index contributed by atoms with van der Waals surface area (Å²) >= 11 is 1.59. The molecule has 1 aromatic heterocycles. The maximum atomic E-state index is 13.9. The predicted molar refractivity (Wildman–Crippen MR) is 126 cm³/mol. The Bertz CT molecular complexity index is 1120. The highest BCUT2D eigenvalue weighted by Gasteiger charge is 2.38. The molecule has 0 fully saturated rings. The van der Waals surface area contributed by atoms with Crippen molar-refractivity contribution in [2.24, 2.45) is 0 Å². The number of hydrogen-bond donors (Lipinski definition) is 0. The Kier molecular flexibility index (Phi) is 5.96. The molecule has 0 N–H and O–H groups in total. The van der Waals surface area contributed by atoms with E-state index in [1.807, 2.05) is 34.9 Å². The van der Waals surface area contributed by atoms with E-state index >= 15 is 0 Å². The zero-order valence-electron chi connectivity index (χ0n) is 17.7. The van der Waals surface area contributed by atoms with Crippen molar-refractivity contribution in [3.63, 3.8) is 0 Å². The topological polar surface area (TPSA) is 34.9 Å². The summed E-state index contributed by atoms with van der Waals surface area (Å²) in [6, 6.07) is 18.7. The lowest BCUT2D eigenvalue weighted by Crippen LogP contribution is -2.40. The van der Waals surface area contributed by atoms with E-state index in [4.69, 9.17) is 4.98 Å². The van der Waals surface area contributed by atoms with Gasteiger partial charge in [0.25, 0.3) is 5.56 Å². The number of nitrogens with zero attached hydrogens (tertiary/aromatic N) is 2. The van der Waals surface area contributed by atoms with E-state index in [1.54, 1.807) is 11.8 Å². The van der Waals surface area contributed by atoms with Crippen LogP contribution in [0, 0.1) is 0 Å². The molecule has 4 heteroatoms. The van der Waals surface area contributed by atoms with Gasteiger partial charge in [0.2, 0.25) is 0 Å². The summed E-state index contributed by atoms with van der Waals surface area (Å²) in [5, 5.41) is 0.782. The molecule has 3 nitrogen and oxygen atoms in total. The van der Waals surface area contributed by atoms with Crippen LogP contribution in [0.5, 0.6) is 0 Å². The predicted octanol–water partition coefficient (Wildman–Crippen LogP) is 5.65. The smallest absolute Gasteiger partial charge is 0.258 e. The highest BCUT2D eigenvalue weighted by Crippen LogP contribution is 2.42. The van der Waals surface area contributed by atoms with Crippen LogP contribution in [-0.2, 0) is 24.8 Å². The first-order chi connectivity index (χ1) is 14.6. The number of fused-ring (bicyclic) bond motifs is 3. The molecule has 0 aliphatic heterocycles. The maximum absolute atomic E-state index is 13.9. The fourth-order valence-corrected chi connectivity index (χ4v) is 5.07. The van der Waals surface area contributed by atoms with E-state index in [9.17, 15) is 4.79 Å². The van der Waals surface area contributed by atoms with Gasteiger partial charge in [-0.15, -0.1) is 6.58 Å².